The summed E-state index contributed by atoms with van der Waals surface area (Å²) in [6.45, 7) is 7.95. The molecule has 0 atom stereocenters. The number of aliphatic carboxylic acids is 2. The van der Waals surface area contributed by atoms with Crippen molar-refractivity contribution in [1.82, 2.24) is 0 Å². The van der Waals surface area contributed by atoms with Gasteiger partial charge in [-0.05, 0) is 224 Å². The van der Waals surface area contributed by atoms with Crippen LogP contribution in [-0.2, 0) is 93.9 Å². The molecule has 7 aliphatic carbocycles. The number of Topliss-reactive ketones (excluding diaryl/α,β-unsaturated/α-hetero) is 5. The smallest absolute Gasteiger partial charge is 0.870 e. The molecule has 0 unspecified atom stereocenters. The molecule has 614 valence electrons. The van der Waals surface area contributed by atoms with E-state index in [1.54, 1.807) is 108 Å². The van der Waals surface area contributed by atoms with Crippen LogP contribution in [-0.4, -0.2) is 125 Å². The Morgan fingerprint density at radius 3 is 0.974 bits per heavy atom. The first kappa shape index (κ1) is 97.0. The number of carboxylic acid groups (broad SMARTS) is 2. The van der Waals surface area contributed by atoms with Crippen LogP contribution in [0, 0.1) is 20.2 Å². The Bertz CT molecular complexity index is 4650. The molecule has 0 radical (unpaired) electrons. The number of aliphatic hydroxyl groups is 1. The molecule has 0 amide bonds. The fourth-order valence-electron chi connectivity index (χ4n) is 14.0. The molecule has 9 aliphatic rings. The number of phenols is 2. The number of esters is 2. The van der Waals surface area contributed by atoms with Crippen molar-refractivity contribution in [3.8, 4) is 40.2 Å². The van der Waals surface area contributed by atoms with Crippen LogP contribution in [0.4, 0.5) is 17.1 Å². The van der Waals surface area contributed by atoms with Crippen molar-refractivity contribution < 1.29 is 127 Å². The van der Waals surface area contributed by atoms with Gasteiger partial charge in [-0.15, -0.1) is 47.3 Å². The first-order chi connectivity index (χ1) is 53.4. The molecule has 0 aromatic heterocycles. The average molecular weight is 1790 g/mol. The number of anilines is 1. The molecule has 0 spiro atoms. The van der Waals surface area contributed by atoms with Gasteiger partial charge in [-0.1, -0.05) is 74.2 Å². The van der Waals surface area contributed by atoms with E-state index in [1.807, 2.05) is 48.5 Å². The number of nitrogens with zero attached hydrogens (tertiary/aromatic N) is 2. The largest absolute Gasteiger partial charge is 1.00 e. The third kappa shape index (κ3) is 22.2. The van der Waals surface area contributed by atoms with Gasteiger partial charge in [-0.2, -0.15) is 0 Å². The van der Waals surface area contributed by atoms with E-state index in [2.05, 4.69) is 47.3 Å². The SMILES string of the molecule is BrB(Br)Br.C.CC(=O)C1(c2ccc(O)c(N)c2)CC1.CC(=O)C1(c2ccc(O)c([N+](=O)[O-])c2)CC1.CC(=O)C1(c2ccc3c(c2)CC(=O)O3)CC1.CO.COc1ccc(C2(C(=O)O)CC2)cc1.COc1ccc(C2(C(C)=O)CC2)cc1.COc1ccc(C2(C(C)=O)CC2)cc1[N+](=O)[O-].O=C1Cc2cc(C3(C(=O)O)CC3)ccc2O1.[Li+].[OH-]. The maximum Gasteiger partial charge on any atom is 1.00 e. The Morgan fingerprint density at radius 1 is 0.422 bits per heavy atom. The van der Waals surface area contributed by atoms with Crippen molar-refractivity contribution in [2.45, 2.75) is 183 Å². The Kier molecular flexibility index (Phi) is 33.5. The predicted octanol–water partition coefficient (Wildman–Crippen LogP) is 12.1. The van der Waals surface area contributed by atoms with Gasteiger partial charge < -0.3 is 60.4 Å². The number of aromatic hydroxyl groups is 2. The number of methoxy groups -OCH3 is 3. The molecule has 7 saturated carbocycles. The number of nitrogens with two attached hydrogens (primary N) is 1. The van der Waals surface area contributed by atoms with Gasteiger partial charge in [0.2, 0.25) is 0 Å². The Morgan fingerprint density at radius 2 is 0.681 bits per heavy atom. The summed E-state index contributed by atoms with van der Waals surface area (Å²) in [6.07, 6.45) is 12.0. The number of halogens is 3. The van der Waals surface area contributed by atoms with Crippen LogP contribution in [0.3, 0.4) is 0 Å². The molecule has 2 heterocycles. The molecule has 116 heavy (non-hydrogen) atoms. The number of nitro groups is 2. The number of nitro benzene ring substituents is 2. The fourth-order valence-corrected chi connectivity index (χ4v) is 14.0. The zero-order valence-electron chi connectivity index (χ0n) is 65.3. The molecule has 8 N–H and O–H groups in total. The summed E-state index contributed by atoms with van der Waals surface area (Å²) in [4.78, 5) is 122. The van der Waals surface area contributed by atoms with Crippen LogP contribution in [0.5, 0.6) is 40.2 Å². The molecular weight excluding hydrogens is 1690 g/mol. The van der Waals surface area contributed by atoms with E-state index in [0.29, 0.717) is 42.0 Å². The second kappa shape index (κ2) is 40.0. The maximum atomic E-state index is 11.6. The normalized spacial score (nSPS) is 16.9. The molecule has 7 aromatic carbocycles. The van der Waals surface area contributed by atoms with E-state index < -0.39 is 43.4 Å². The van der Waals surface area contributed by atoms with Crippen molar-refractivity contribution >= 4 is 120 Å². The summed E-state index contributed by atoms with van der Waals surface area (Å²) in [6, 6.07) is 39.9. The third-order valence-electron chi connectivity index (χ3n) is 22.3. The molecule has 16 rings (SSSR count). The molecule has 32 heteroatoms. The van der Waals surface area contributed by atoms with Gasteiger partial charge in [0.15, 0.2) is 11.5 Å². The minimum absolute atomic E-state index is 0. The van der Waals surface area contributed by atoms with Crippen molar-refractivity contribution in [1.29, 1.82) is 0 Å². The fraction of sp³-hybridized carbons (Fsp3) is 0.393. The Labute approximate surface area is 708 Å². The van der Waals surface area contributed by atoms with Gasteiger partial charge in [0.05, 0.1) is 87.6 Å². The summed E-state index contributed by atoms with van der Waals surface area (Å²) in [5.74, 6) is 1.53. The number of ketones is 5. The van der Waals surface area contributed by atoms with Gasteiger partial charge in [-0.3, -0.25) is 63.4 Å². The number of fused-ring (bicyclic) bond motifs is 2. The molecular formula is C84H94BBr3LiN3O24. The van der Waals surface area contributed by atoms with Gasteiger partial charge in [0.1, 0.15) is 57.7 Å². The zero-order chi connectivity index (χ0) is 83.5. The quantitative estimate of drug-likeness (QED) is 0.00833. The number of rotatable bonds is 19. The van der Waals surface area contributed by atoms with Crippen LogP contribution in [0.2, 0.25) is 0 Å². The Balaban J connectivity index is 0.000000238. The van der Waals surface area contributed by atoms with E-state index in [1.165, 1.54) is 39.2 Å². The molecule has 7 fully saturated rings. The van der Waals surface area contributed by atoms with E-state index in [-0.39, 0.29) is 127 Å². The third-order valence-corrected chi connectivity index (χ3v) is 22.3. The van der Waals surface area contributed by atoms with Gasteiger partial charge in [0.25, 0.3) is 0 Å². The average Bonchev–Trinajstić information content (AvgIpc) is 1.49. The van der Waals surface area contributed by atoms with Crippen molar-refractivity contribution in [2.75, 3.05) is 34.2 Å². The van der Waals surface area contributed by atoms with Crippen LogP contribution in [0.25, 0.3) is 0 Å². The van der Waals surface area contributed by atoms with E-state index in [0.717, 1.165) is 140 Å². The van der Waals surface area contributed by atoms with E-state index >= 15 is 0 Å². The topological polar surface area (TPSA) is 443 Å². The van der Waals surface area contributed by atoms with Crippen LogP contribution in [0.15, 0.2) is 140 Å². The molecule has 0 saturated heterocycles. The zero-order valence-corrected chi connectivity index (χ0v) is 70.1. The second-order valence-corrected chi connectivity index (χ2v) is 35.4. The number of carbonyl (C=O) groups excluding carboxylic acids is 7. The summed E-state index contributed by atoms with van der Waals surface area (Å²) in [7, 11) is 5.63. The number of hydrogen-bond acceptors (Lipinski definition) is 23. The monoisotopic (exact) mass is 1780 g/mol. The molecule has 7 aromatic rings. The van der Waals surface area contributed by atoms with Crippen molar-refractivity contribution in [2.24, 2.45) is 0 Å². The summed E-state index contributed by atoms with van der Waals surface area (Å²) in [5, 5.41) is 65.3. The number of carboxylic acids is 2. The minimum Gasteiger partial charge on any atom is -0.870 e. The van der Waals surface area contributed by atoms with E-state index in [9.17, 15) is 73.6 Å². The van der Waals surface area contributed by atoms with Crippen LogP contribution >= 0.6 is 47.3 Å². The number of ether oxygens (including phenoxy) is 5. The molecule has 27 nitrogen and oxygen atoms in total. The predicted molar refractivity (Wildman–Crippen MR) is 439 cm³/mol. The van der Waals surface area contributed by atoms with Crippen molar-refractivity contribution in [3.63, 3.8) is 0 Å². The second-order valence-electron chi connectivity index (χ2n) is 29.0. The number of hydrogen-bond donors (Lipinski definition) is 6. The number of nitrogen functional groups attached to an aromatic ring is 1. The number of phenolic OH excluding ortho intramolecular Hbond substituents is 2. The summed E-state index contributed by atoms with van der Waals surface area (Å²) < 4.78 is 25.3. The molecule has 0 bridgehead atoms. The van der Waals surface area contributed by atoms with Crippen LogP contribution in [0.1, 0.15) is 182 Å². The first-order valence-corrected chi connectivity index (χ1v) is 38.9. The number of aliphatic hydroxyl groups excluding tert-OH is 1. The molecule has 2 aliphatic heterocycles. The van der Waals surface area contributed by atoms with E-state index in [4.69, 9.17) is 44.7 Å². The maximum absolute atomic E-state index is 11.6. The van der Waals surface area contributed by atoms with Gasteiger partial charge in [-0.25, -0.2) is 0 Å². The first-order valence-electron chi connectivity index (χ1n) is 36.2. The minimum atomic E-state index is -0.780. The van der Waals surface area contributed by atoms with Crippen molar-refractivity contribution in [3.05, 3.63) is 210 Å². The Hall–Kier alpha value is -9.61. The van der Waals surface area contributed by atoms with Gasteiger partial charge in [0, 0.05) is 30.4 Å². The summed E-state index contributed by atoms with van der Waals surface area (Å²) in [5.41, 5.74) is 10.3. The number of benzene rings is 7. The standard InChI is InChI=1S/C13H12O3.C12H13NO4.C12H10O4.C12H14O2.C11H11NO4.C11H13NO2.C11H12O3.CH4O.CH4.BBr3.Li.H2O/c1-8(14)13(4-5-13)10-2-3-11-9(6-10)7-12(15)16-11;1-8(14)12(5-6-12)9-3-4-11(17-2)10(7-9)13(15)16;13-10-6-7-5-8(1-2-9(7)16-10)12(3-4-12)11(14)15;1-9(13)12(7-8-12)10-3-5-11(14-2)6-4-10;1-7(13)11(4-5-11)8-2-3-10(14)9(6-8)12(15)16;1-7(13)11(4-5-11)8-2-3-10(14)9(12)6-8;1-14-9-4-2-8(3-5-9)11(6-7-11)10(12)13;1-2;;2-1(3)4;;/h2-3,6H,4-5,7H2,1H3;3-4,7H,5-6H2,1-2H3;1-2,5H,3-4,6H2,(H,14,15);3-6H,7-8H2,1-2H3;2-3,6,14H,4-5H2,1H3;2-3,6,14H,4-5,12H2,1H3;2-5H,6-7H2,1H3,(H,12,13);2H,1H3;1H4;;;1H2/q;;;;;;;;;;+1;/p-1. The van der Waals surface area contributed by atoms with Crippen LogP contribution < -0.4 is 48.3 Å². The summed E-state index contributed by atoms with van der Waals surface area (Å²) >= 11 is 9.31. The number of carbonyl (C=O) groups is 9. The van der Waals surface area contributed by atoms with Gasteiger partial charge >= 0.3 is 57.3 Å².